The molecule has 57 heavy (non-hydrogen) atoms. The van der Waals surface area contributed by atoms with Crippen molar-refractivity contribution in [2.24, 2.45) is 5.73 Å². The van der Waals surface area contributed by atoms with E-state index in [9.17, 15) is 19.0 Å². The molecule has 0 saturated carbocycles. The number of phosphoric acid groups is 1. The van der Waals surface area contributed by atoms with Gasteiger partial charge in [0.1, 0.15) is 6.61 Å². The number of carbonyl (C=O) groups is 2. The maximum Gasteiger partial charge on any atom is 0.472 e. The Hall–Kier alpha value is -1.25. The normalized spacial score (nSPS) is 13.3. The summed E-state index contributed by atoms with van der Waals surface area (Å²) in [6.45, 7) is 3.77. The third-order valence-corrected chi connectivity index (χ3v) is 11.6. The number of hydrogen-bond donors (Lipinski definition) is 2. The van der Waals surface area contributed by atoms with Gasteiger partial charge in [-0.15, -0.1) is 0 Å². The van der Waals surface area contributed by atoms with E-state index >= 15 is 0 Å². The number of esters is 2. The quantitative estimate of drug-likeness (QED) is 0.0266. The second kappa shape index (κ2) is 44.3. The predicted octanol–water partition coefficient (Wildman–Crippen LogP) is 14.2. The molecule has 0 saturated heterocycles. The molecule has 3 N–H and O–H groups in total. The van der Waals surface area contributed by atoms with Gasteiger partial charge in [0.2, 0.25) is 0 Å². The zero-order chi connectivity index (χ0) is 41.8. The number of ether oxygens (including phenoxy) is 2. The number of nitrogens with two attached hydrogens (primary N) is 1. The van der Waals surface area contributed by atoms with Crippen LogP contribution in [-0.2, 0) is 32.7 Å². The van der Waals surface area contributed by atoms with Crippen molar-refractivity contribution in [2.45, 2.75) is 251 Å². The van der Waals surface area contributed by atoms with E-state index in [2.05, 4.69) is 26.0 Å². The van der Waals surface area contributed by atoms with Crippen molar-refractivity contribution in [1.29, 1.82) is 0 Å². The third kappa shape index (κ3) is 44.1. The fourth-order valence-electron chi connectivity index (χ4n) is 7.04. The summed E-state index contributed by atoms with van der Waals surface area (Å²) < 4.78 is 32.9. The number of rotatable bonds is 46. The summed E-state index contributed by atoms with van der Waals surface area (Å²) in [6, 6.07) is 0. The highest BCUT2D eigenvalue weighted by molar-refractivity contribution is 7.47. The molecule has 0 heterocycles. The van der Waals surface area contributed by atoms with E-state index in [0.717, 1.165) is 38.5 Å². The van der Waals surface area contributed by atoms with E-state index in [1.807, 2.05) is 0 Å². The van der Waals surface area contributed by atoms with Crippen LogP contribution in [0.15, 0.2) is 12.2 Å². The molecular formula is C47H92NO8P. The fourth-order valence-corrected chi connectivity index (χ4v) is 7.81. The number of allylic oxidation sites excluding steroid dienone is 2. The van der Waals surface area contributed by atoms with E-state index in [0.29, 0.717) is 6.42 Å². The van der Waals surface area contributed by atoms with Gasteiger partial charge in [-0.25, -0.2) is 4.57 Å². The summed E-state index contributed by atoms with van der Waals surface area (Å²) in [4.78, 5) is 35.0. The Morgan fingerprint density at radius 3 is 1.25 bits per heavy atom. The van der Waals surface area contributed by atoms with Crippen LogP contribution in [0.3, 0.4) is 0 Å². The molecule has 0 aliphatic rings. The van der Waals surface area contributed by atoms with Crippen LogP contribution in [0.4, 0.5) is 0 Å². The van der Waals surface area contributed by atoms with Crippen molar-refractivity contribution >= 4 is 19.8 Å². The molecule has 2 atom stereocenters. The van der Waals surface area contributed by atoms with Crippen LogP contribution >= 0.6 is 7.82 Å². The Bertz CT molecular complexity index is 948. The monoisotopic (exact) mass is 830 g/mol. The van der Waals surface area contributed by atoms with E-state index in [4.69, 9.17) is 24.3 Å². The zero-order valence-corrected chi connectivity index (χ0v) is 38.2. The minimum atomic E-state index is -4.37. The topological polar surface area (TPSA) is 134 Å². The van der Waals surface area contributed by atoms with Crippen molar-refractivity contribution in [3.63, 3.8) is 0 Å². The lowest BCUT2D eigenvalue weighted by Crippen LogP contribution is -2.29. The van der Waals surface area contributed by atoms with Crippen LogP contribution in [0.5, 0.6) is 0 Å². The smallest absolute Gasteiger partial charge is 0.462 e. The highest BCUT2D eigenvalue weighted by Gasteiger charge is 2.26. The second-order valence-corrected chi connectivity index (χ2v) is 17.8. The lowest BCUT2D eigenvalue weighted by molar-refractivity contribution is -0.161. The van der Waals surface area contributed by atoms with Gasteiger partial charge in [-0.1, -0.05) is 206 Å². The molecule has 0 spiro atoms. The molecule has 0 amide bonds. The van der Waals surface area contributed by atoms with E-state index in [1.165, 1.54) is 173 Å². The molecule has 9 nitrogen and oxygen atoms in total. The predicted molar refractivity (Wildman–Crippen MR) is 238 cm³/mol. The summed E-state index contributed by atoms with van der Waals surface area (Å²) in [5, 5.41) is 0. The highest BCUT2D eigenvalue weighted by atomic mass is 31.2. The van der Waals surface area contributed by atoms with Crippen molar-refractivity contribution in [2.75, 3.05) is 26.4 Å². The number of phosphoric ester groups is 1. The van der Waals surface area contributed by atoms with Gasteiger partial charge in [-0.05, 0) is 38.5 Å². The Morgan fingerprint density at radius 2 is 0.860 bits per heavy atom. The largest absolute Gasteiger partial charge is 0.472 e. The molecule has 0 aromatic heterocycles. The van der Waals surface area contributed by atoms with Gasteiger partial charge in [0.15, 0.2) is 6.10 Å². The summed E-state index contributed by atoms with van der Waals surface area (Å²) in [7, 11) is -4.37. The van der Waals surface area contributed by atoms with Crippen LogP contribution in [-0.4, -0.2) is 49.3 Å². The molecule has 0 bridgehead atoms. The van der Waals surface area contributed by atoms with Crippen molar-refractivity contribution in [3.05, 3.63) is 12.2 Å². The fraction of sp³-hybridized carbons (Fsp3) is 0.915. The minimum absolute atomic E-state index is 0.0561. The van der Waals surface area contributed by atoms with Gasteiger partial charge in [-0.3, -0.25) is 18.6 Å². The maximum atomic E-state index is 12.6. The average molecular weight is 830 g/mol. The summed E-state index contributed by atoms with van der Waals surface area (Å²) >= 11 is 0. The number of unbranched alkanes of at least 4 members (excludes halogenated alkanes) is 31. The first kappa shape index (κ1) is 55.8. The first-order chi connectivity index (χ1) is 27.8. The highest BCUT2D eigenvalue weighted by Crippen LogP contribution is 2.43. The van der Waals surface area contributed by atoms with Gasteiger partial charge < -0.3 is 20.1 Å². The van der Waals surface area contributed by atoms with Gasteiger partial charge in [0, 0.05) is 19.4 Å². The first-order valence-electron chi connectivity index (χ1n) is 24.2. The SMILES string of the molecule is CCCCCCCCC=CCCCCCCCCCCCC(=O)OC(COC(=O)CCCCCCCCCCCCCCCCCCC)COP(=O)(O)OCCN. The molecule has 0 aromatic rings. The third-order valence-electron chi connectivity index (χ3n) is 10.7. The number of hydrogen-bond acceptors (Lipinski definition) is 8. The minimum Gasteiger partial charge on any atom is -0.462 e. The molecule has 0 aromatic carbocycles. The van der Waals surface area contributed by atoms with Crippen molar-refractivity contribution in [3.8, 4) is 0 Å². The van der Waals surface area contributed by atoms with Crippen molar-refractivity contribution in [1.82, 2.24) is 0 Å². The molecule has 0 aliphatic heterocycles. The van der Waals surface area contributed by atoms with Crippen LogP contribution in [0.1, 0.15) is 245 Å². The lowest BCUT2D eigenvalue weighted by atomic mass is 10.0. The van der Waals surface area contributed by atoms with E-state index < -0.39 is 26.5 Å². The second-order valence-electron chi connectivity index (χ2n) is 16.3. The molecule has 0 fully saturated rings. The van der Waals surface area contributed by atoms with E-state index in [-0.39, 0.29) is 38.6 Å². The van der Waals surface area contributed by atoms with Crippen LogP contribution < -0.4 is 5.73 Å². The average Bonchev–Trinajstić information content (AvgIpc) is 3.20. The molecule has 2 unspecified atom stereocenters. The van der Waals surface area contributed by atoms with Crippen LogP contribution in [0.25, 0.3) is 0 Å². The van der Waals surface area contributed by atoms with Crippen LogP contribution in [0.2, 0.25) is 0 Å². The Morgan fingerprint density at radius 1 is 0.509 bits per heavy atom. The van der Waals surface area contributed by atoms with E-state index in [1.54, 1.807) is 0 Å². The maximum absolute atomic E-state index is 12.6. The zero-order valence-electron chi connectivity index (χ0n) is 37.3. The summed E-state index contributed by atoms with van der Waals surface area (Å²) in [6.07, 6.45) is 46.7. The Balaban J connectivity index is 4.05. The van der Waals surface area contributed by atoms with Gasteiger partial charge in [0.05, 0.1) is 13.2 Å². The van der Waals surface area contributed by atoms with Gasteiger partial charge in [-0.2, -0.15) is 0 Å². The molecule has 10 heteroatoms. The molecule has 0 radical (unpaired) electrons. The molecule has 0 rings (SSSR count). The number of carbonyl (C=O) groups excluding carboxylic acids is 2. The Kier molecular flexibility index (Phi) is 43.3. The molecule has 338 valence electrons. The standard InChI is InChI=1S/C47H92NO8P/c1-3-5-7-9-11-13-15-17-19-21-22-24-26-28-30-32-34-36-38-40-47(50)56-45(44-55-57(51,52)54-42-41-48)43-53-46(49)39-37-35-33-31-29-27-25-23-20-18-16-14-12-10-8-6-4-2/h17,19,45H,3-16,18,20-44,48H2,1-2H3,(H,51,52). The molecule has 0 aliphatic carbocycles. The Labute approximate surface area is 351 Å². The summed E-state index contributed by atoms with van der Waals surface area (Å²) in [5.74, 6) is -0.816. The first-order valence-corrected chi connectivity index (χ1v) is 25.7. The molecular weight excluding hydrogens is 737 g/mol. The van der Waals surface area contributed by atoms with Crippen molar-refractivity contribution < 1.29 is 37.6 Å². The van der Waals surface area contributed by atoms with Gasteiger partial charge in [0.25, 0.3) is 0 Å². The lowest BCUT2D eigenvalue weighted by Gasteiger charge is -2.19. The van der Waals surface area contributed by atoms with Crippen LogP contribution in [0, 0.1) is 0 Å². The summed E-state index contributed by atoms with van der Waals surface area (Å²) in [5.41, 5.74) is 5.36. The van der Waals surface area contributed by atoms with Gasteiger partial charge >= 0.3 is 19.8 Å².